The van der Waals surface area contributed by atoms with Crippen LogP contribution < -0.4 is 14.8 Å². The average Bonchev–Trinajstić information content (AvgIpc) is 2.47. The minimum atomic E-state index is 0.462. The Labute approximate surface area is 115 Å². The monoisotopic (exact) mass is 265 g/mol. The topological polar surface area (TPSA) is 39.7 Å². The van der Waals surface area contributed by atoms with Gasteiger partial charge < -0.3 is 19.5 Å². The number of nitrogens with one attached hydrogen (secondary N) is 1. The summed E-state index contributed by atoms with van der Waals surface area (Å²) in [6, 6.07) is 4.03. The standard InChI is InChI=1S/C15H23NO3/c1-17-10-12-6-7-13(18-2)15(19-3)14(12)11-5-4-8-16-9-11/h6-7,11,16H,4-5,8-10H2,1-3H3. The van der Waals surface area contributed by atoms with E-state index in [-0.39, 0.29) is 0 Å². The summed E-state index contributed by atoms with van der Waals surface area (Å²) in [6.07, 6.45) is 2.37. The van der Waals surface area contributed by atoms with Crippen molar-refractivity contribution < 1.29 is 14.2 Å². The Hall–Kier alpha value is -1.26. The molecule has 106 valence electrons. The maximum Gasteiger partial charge on any atom is 0.164 e. The van der Waals surface area contributed by atoms with Crippen LogP contribution in [0.5, 0.6) is 11.5 Å². The minimum Gasteiger partial charge on any atom is -0.493 e. The van der Waals surface area contributed by atoms with Gasteiger partial charge in [0.15, 0.2) is 11.5 Å². The van der Waals surface area contributed by atoms with Crippen molar-refractivity contribution >= 4 is 0 Å². The number of hydrogen-bond acceptors (Lipinski definition) is 4. The zero-order valence-corrected chi connectivity index (χ0v) is 12.0. The van der Waals surface area contributed by atoms with Gasteiger partial charge in [-0.1, -0.05) is 6.07 Å². The van der Waals surface area contributed by atoms with Gasteiger partial charge in [0, 0.05) is 25.1 Å². The van der Waals surface area contributed by atoms with Crippen LogP contribution >= 0.6 is 0 Å². The van der Waals surface area contributed by atoms with Crippen LogP contribution in [-0.4, -0.2) is 34.4 Å². The lowest BCUT2D eigenvalue weighted by atomic mass is 9.87. The number of methoxy groups -OCH3 is 3. The van der Waals surface area contributed by atoms with E-state index in [4.69, 9.17) is 14.2 Å². The summed E-state index contributed by atoms with van der Waals surface area (Å²) in [4.78, 5) is 0. The third kappa shape index (κ3) is 3.01. The molecule has 1 aliphatic rings. The van der Waals surface area contributed by atoms with Crippen molar-refractivity contribution in [2.24, 2.45) is 0 Å². The maximum atomic E-state index is 5.60. The molecule has 1 N–H and O–H groups in total. The van der Waals surface area contributed by atoms with Gasteiger partial charge in [0.1, 0.15) is 0 Å². The Morgan fingerprint density at radius 3 is 2.63 bits per heavy atom. The second-order valence-electron chi connectivity index (χ2n) is 4.85. The molecule has 0 spiro atoms. The van der Waals surface area contributed by atoms with Gasteiger partial charge in [-0.3, -0.25) is 0 Å². The molecule has 19 heavy (non-hydrogen) atoms. The van der Waals surface area contributed by atoms with E-state index >= 15 is 0 Å². The third-order valence-corrected chi connectivity index (χ3v) is 3.68. The van der Waals surface area contributed by atoms with Crippen LogP contribution in [-0.2, 0) is 11.3 Å². The Kier molecular flexibility index (Phi) is 5.05. The highest BCUT2D eigenvalue weighted by molar-refractivity contribution is 5.52. The number of piperidine rings is 1. The lowest BCUT2D eigenvalue weighted by Gasteiger charge is -2.27. The summed E-state index contributed by atoms with van der Waals surface area (Å²) < 4.78 is 16.3. The van der Waals surface area contributed by atoms with E-state index in [1.165, 1.54) is 24.0 Å². The molecule has 1 heterocycles. The molecule has 0 aliphatic carbocycles. The molecular formula is C15H23NO3. The number of hydrogen-bond donors (Lipinski definition) is 1. The van der Waals surface area contributed by atoms with E-state index in [1.807, 2.05) is 6.07 Å². The van der Waals surface area contributed by atoms with Gasteiger partial charge in [0.2, 0.25) is 0 Å². The highest BCUT2D eigenvalue weighted by Crippen LogP contribution is 2.40. The summed E-state index contributed by atoms with van der Waals surface area (Å²) in [7, 11) is 5.10. The fraction of sp³-hybridized carbons (Fsp3) is 0.600. The highest BCUT2D eigenvalue weighted by atomic mass is 16.5. The van der Waals surface area contributed by atoms with Gasteiger partial charge in [-0.25, -0.2) is 0 Å². The van der Waals surface area contributed by atoms with Gasteiger partial charge in [-0.15, -0.1) is 0 Å². The van der Waals surface area contributed by atoms with E-state index < -0.39 is 0 Å². The van der Waals surface area contributed by atoms with Crippen molar-refractivity contribution in [3.8, 4) is 11.5 Å². The van der Waals surface area contributed by atoms with Gasteiger partial charge in [-0.05, 0) is 31.0 Å². The number of ether oxygens (including phenoxy) is 3. The van der Waals surface area contributed by atoms with Crippen LogP contribution in [0, 0.1) is 0 Å². The second kappa shape index (κ2) is 6.78. The van der Waals surface area contributed by atoms with E-state index in [0.29, 0.717) is 12.5 Å². The Bertz CT molecular complexity index is 414. The SMILES string of the molecule is COCc1ccc(OC)c(OC)c1C1CCCNC1. The molecule has 1 saturated heterocycles. The first-order chi connectivity index (χ1) is 9.31. The number of rotatable bonds is 5. The molecule has 0 saturated carbocycles. The third-order valence-electron chi connectivity index (χ3n) is 3.68. The van der Waals surface area contributed by atoms with Crippen molar-refractivity contribution in [1.29, 1.82) is 0 Å². The Morgan fingerprint density at radius 2 is 2.05 bits per heavy atom. The molecule has 0 amide bonds. The Morgan fingerprint density at radius 1 is 1.21 bits per heavy atom. The predicted octanol–water partition coefficient (Wildman–Crippen LogP) is 2.32. The zero-order chi connectivity index (χ0) is 13.7. The van der Waals surface area contributed by atoms with Crippen LogP contribution in [0.1, 0.15) is 29.9 Å². The fourth-order valence-electron chi connectivity index (χ4n) is 2.82. The van der Waals surface area contributed by atoms with Crippen LogP contribution in [0.15, 0.2) is 12.1 Å². The van der Waals surface area contributed by atoms with Gasteiger partial charge in [-0.2, -0.15) is 0 Å². The highest BCUT2D eigenvalue weighted by Gasteiger charge is 2.24. The van der Waals surface area contributed by atoms with Crippen molar-refractivity contribution in [3.63, 3.8) is 0 Å². The summed E-state index contributed by atoms with van der Waals surface area (Å²) in [5.41, 5.74) is 2.42. The van der Waals surface area contributed by atoms with E-state index in [0.717, 1.165) is 24.6 Å². The zero-order valence-electron chi connectivity index (χ0n) is 12.0. The molecule has 1 atom stereocenters. The summed E-state index contributed by atoms with van der Waals surface area (Å²) in [5, 5.41) is 3.45. The molecule has 1 aromatic carbocycles. The molecule has 0 radical (unpaired) electrons. The fourth-order valence-corrected chi connectivity index (χ4v) is 2.82. The van der Waals surface area contributed by atoms with Crippen LogP contribution in [0.3, 0.4) is 0 Å². The van der Waals surface area contributed by atoms with Crippen molar-refractivity contribution in [3.05, 3.63) is 23.3 Å². The van der Waals surface area contributed by atoms with E-state index in [2.05, 4.69) is 11.4 Å². The molecule has 1 fully saturated rings. The molecule has 1 aliphatic heterocycles. The lowest BCUT2D eigenvalue weighted by molar-refractivity contribution is 0.182. The molecule has 0 aromatic heterocycles. The van der Waals surface area contributed by atoms with Gasteiger partial charge >= 0.3 is 0 Å². The predicted molar refractivity (Wildman–Crippen MR) is 75.1 cm³/mol. The van der Waals surface area contributed by atoms with Crippen molar-refractivity contribution in [2.75, 3.05) is 34.4 Å². The lowest BCUT2D eigenvalue weighted by Crippen LogP contribution is -2.29. The van der Waals surface area contributed by atoms with E-state index in [9.17, 15) is 0 Å². The maximum absolute atomic E-state index is 5.60. The smallest absolute Gasteiger partial charge is 0.164 e. The molecule has 1 aromatic rings. The molecule has 0 bridgehead atoms. The molecule has 4 nitrogen and oxygen atoms in total. The Balaban J connectivity index is 2.44. The molecule has 2 rings (SSSR count). The average molecular weight is 265 g/mol. The largest absolute Gasteiger partial charge is 0.493 e. The molecule has 4 heteroatoms. The van der Waals surface area contributed by atoms with Gasteiger partial charge in [0.05, 0.1) is 20.8 Å². The molecular weight excluding hydrogens is 242 g/mol. The first kappa shape index (κ1) is 14.2. The summed E-state index contributed by atoms with van der Waals surface area (Å²) in [5.74, 6) is 2.11. The van der Waals surface area contributed by atoms with Crippen LogP contribution in [0.4, 0.5) is 0 Å². The van der Waals surface area contributed by atoms with Gasteiger partial charge in [0.25, 0.3) is 0 Å². The number of benzene rings is 1. The quantitative estimate of drug-likeness (QED) is 0.887. The molecule has 1 unspecified atom stereocenters. The second-order valence-corrected chi connectivity index (χ2v) is 4.85. The first-order valence-electron chi connectivity index (χ1n) is 6.75. The van der Waals surface area contributed by atoms with E-state index in [1.54, 1.807) is 21.3 Å². The van der Waals surface area contributed by atoms with Crippen LogP contribution in [0.25, 0.3) is 0 Å². The first-order valence-corrected chi connectivity index (χ1v) is 6.75. The summed E-state index contributed by atoms with van der Waals surface area (Å²) in [6.45, 7) is 2.69. The van der Waals surface area contributed by atoms with Crippen molar-refractivity contribution in [2.45, 2.75) is 25.4 Å². The van der Waals surface area contributed by atoms with Crippen LogP contribution in [0.2, 0.25) is 0 Å². The minimum absolute atomic E-state index is 0.462. The summed E-state index contributed by atoms with van der Waals surface area (Å²) >= 11 is 0. The van der Waals surface area contributed by atoms with Crippen molar-refractivity contribution in [1.82, 2.24) is 5.32 Å². The normalized spacial score (nSPS) is 19.2.